The van der Waals surface area contributed by atoms with E-state index in [1.54, 1.807) is 6.20 Å². The van der Waals surface area contributed by atoms with Crippen LogP contribution in [-0.2, 0) is 0 Å². The second-order valence-corrected chi connectivity index (χ2v) is 4.51. The van der Waals surface area contributed by atoms with E-state index in [1.165, 1.54) is 35.8 Å². The molecule has 76 valence electrons. The number of amidine groups is 1. The summed E-state index contributed by atoms with van der Waals surface area (Å²) in [4.78, 5) is 12.1. The van der Waals surface area contributed by atoms with E-state index in [2.05, 4.69) is 19.3 Å². The van der Waals surface area contributed by atoms with Crippen molar-refractivity contribution >= 4 is 29.1 Å². The van der Waals surface area contributed by atoms with E-state index in [4.69, 9.17) is 11.1 Å². The van der Waals surface area contributed by atoms with Crippen LogP contribution < -0.4 is 5.73 Å². The van der Waals surface area contributed by atoms with Crippen LogP contribution in [0.4, 0.5) is 0 Å². The molecule has 0 radical (unpaired) electrons. The predicted octanol–water partition coefficient (Wildman–Crippen LogP) is 0.763. The molecular weight excluding hydrogens is 232 g/mol. The fourth-order valence-electron chi connectivity index (χ4n) is 0.805. The minimum Gasteiger partial charge on any atom is -0.382 e. The van der Waals surface area contributed by atoms with Crippen molar-refractivity contribution in [3.8, 4) is 0 Å². The van der Waals surface area contributed by atoms with Gasteiger partial charge in [0, 0.05) is 0 Å². The molecule has 0 aromatic carbocycles. The van der Waals surface area contributed by atoms with Gasteiger partial charge in [-0.15, -0.1) is 0 Å². The van der Waals surface area contributed by atoms with Gasteiger partial charge in [-0.05, 0) is 23.3 Å². The first-order valence-electron chi connectivity index (χ1n) is 3.86. The van der Waals surface area contributed by atoms with Crippen LogP contribution in [0.1, 0.15) is 5.69 Å². The van der Waals surface area contributed by atoms with E-state index in [1.807, 2.05) is 0 Å². The number of rotatable bonds is 3. The first-order chi connectivity index (χ1) is 7.25. The molecule has 0 amide bonds. The first kappa shape index (κ1) is 9.99. The van der Waals surface area contributed by atoms with Gasteiger partial charge in [0.05, 0.1) is 12.4 Å². The second-order valence-electron chi connectivity index (χ2n) is 2.46. The zero-order chi connectivity index (χ0) is 10.7. The van der Waals surface area contributed by atoms with E-state index in [-0.39, 0.29) is 5.84 Å². The minimum atomic E-state index is -0.0880. The average molecular weight is 238 g/mol. The molecule has 2 aromatic heterocycles. The Labute approximate surface area is 93.7 Å². The maximum atomic E-state index is 7.15. The van der Waals surface area contributed by atoms with Crippen molar-refractivity contribution in [3.05, 3.63) is 24.4 Å². The number of hydrogen-bond donors (Lipinski definition) is 2. The molecule has 0 saturated heterocycles. The summed E-state index contributed by atoms with van der Waals surface area (Å²) in [7, 11) is 0. The average Bonchev–Trinajstić information content (AvgIpc) is 2.71. The summed E-state index contributed by atoms with van der Waals surface area (Å²) >= 11 is 2.67. The first-order valence-corrected chi connectivity index (χ1v) is 5.45. The standard InChI is InChI=1S/C7H6N6S2/c8-6(9)4-1-11-5(2-10-4)14-7-12-3-13-15-7/h1-3H,(H3,8,9). The molecule has 2 rings (SSSR count). The summed E-state index contributed by atoms with van der Waals surface area (Å²) in [6, 6.07) is 0. The number of nitrogen functional groups attached to an aromatic ring is 1. The van der Waals surface area contributed by atoms with Crippen molar-refractivity contribution in [2.45, 2.75) is 9.37 Å². The van der Waals surface area contributed by atoms with Crippen LogP contribution in [0, 0.1) is 5.41 Å². The molecule has 0 atom stereocenters. The van der Waals surface area contributed by atoms with Crippen LogP contribution in [0.25, 0.3) is 0 Å². The van der Waals surface area contributed by atoms with Crippen LogP contribution in [-0.4, -0.2) is 25.2 Å². The number of nitrogens with zero attached hydrogens (tertiary/aromatic N) is 4. The van der Waals surface area contributed by atoms with Gasteiger partial charge in [-0.25, -0.2) is 15.0 Å². The Morgan fingerprint density at radius 1 is 1.33 bits per heavy atom. The fraction of sp³-hybridized carbons (Fsp3) is 0. The van der Waals surface area contributed by atoms with Crippen molar-refractivity contribution < 1.29 is 0 Å². The smallest absolute Gasteiger partial charge is 0.176 e. The lowest BCUT2D eigenvalue weighted by molar-refractivity contribution is 1.04. The lowest BCUT2D eigenvalue weighted by Gasteiger charge is -1.98. The summed E-state index contributed by atoms with van der Waals surface area (Å²) in [5, 5.41) is 7.86. The van der Waals surface area contributed by atoms with E-state index < -0.39 is 0 Å². The molecule has 0 spiro atoms. The summed E-state index contributed by atoms with van der Waals surface area (Å²) in [6.07, 6.45) is 4.51. The van der Waals surface area contributed by atoms with Gasteiger partial charge in [-0.3, -0.25) is 5.41 Å². The molecular formula is C7H6N6S2. The SMILES string of the molecule is N=C(N)c1cnc(Sc2ncns2)cn1. The van der Waals surface area contributed by atoms with Gasteiger partial charge in [0.15, 0.2) is 4.34 Å². The van der Waals surface area contributed by atoms with Gasteiger partial charge in [-0.2, -0.15) is 4.37 Å². The molecule has 0 aliphatic rings. The normalized spacial score (nSPS) is 10.1. The maximum Gasteiger partial charge on any atom is 0.176 e. The Kier molecular flexibility index (Phi) is 2.88. The van der Waals surface area contributed by atoms with E-state index >= 15 is 0 Å². The van der Waals surface area contributed by atoms with Crippen molar-refractivity contribution in [3.63, 3.8) is 0 Å². The van der Waals surface area contributed by atoms with Gasteiger partial charge in [0.25, 0.3) is 0 Å². The largest absolute Gasteiger partial charge is 0.382 e. The highest BCUT2D eigenvalue weighted by molar-refractivity contribution is 8.00. The third-order valence-corrected chi connectivity index (χ3v) is 3.07. The Bertz CT molecular complexity index is 451. The molecule has 8 heteroatoms. The van der Waals surface area contributed by atoms with Crippen LogP contribution in [0.15, 0.2) is 28.1 Å². The van der Waals surface area contributed by atoms with Crippen molar-refractivity contribution in [1.82, 2.24) is 19.3 Å². The van der Waals surface area contributed by atoms with Gasteiger partial charge in [-0.1, -0.05) is 0 Å². The van der Waals surface area contributed by atoms with Crippen molar-refractivity contribution in [2.24, 2.45) is 5.73 Å². The molecule has 3 N–H and O–H groups in total. The van der Waals surface area contributed by atoms with E-state index in [0.29, 0.717) is 10.7 Å². The van der Waals surface area contributed by atoms with Gasteiger partial charge in [0.2, 0.25) is 0 Å². The van der Waals surface area contributed by atoms with Crippen LogP contribution >= 0.6 is 23.3 Å². The third kappa shape index (κ3) is 2.48. The van der Waals surface area contributed by atoms with Crippen LogP contribution in [0.2, 0.25) is 0 Å². The molecule has 6 nitrogen and oxygen atoms in total. The summed E-state index contributed by atoms with van der Waals surface area (Å²) < 4.78 is 4.68. The number of nitrogens with two attached hydrogens (primary N) is 1. The lowest BCUT2D eigenvalue weighted by atomic mass is 10.4. The highest BCUT2D eigenvalue weighted by Gasteiger charge is 2.03. The number of nitrogens with one attached hydrogen (secondary N) is 1. The van der Waals surface area contributed by atoms with Gasteiger partial charge in [0.1, 0.15) is 22.9 Å². The Balaban J connectivity index is 2.14. The van der Waals surface area contributed by atoms with Crippen LogP contribution in [0.3, 0.4) is 0 Å². The third-order valence-electron chi connectivity index (χ3n) is 1.44. The molecule has 0 aliphatic heterocycles. The molecule has 0 saturated carbocycles. The molecule has 0 fully saturated rings. The highest BCUT2D eigenvalue weighted by atomic mass is 32.2. The molecule has 0 aliphatic carbocycles. The summed E-state index contributed by atoms with van der Waals surface area (Å²) in [5.74, 6) is -0.0880. The molecule has 0 bridgehead atoms. The van der Waals surface area contributed by atoms with Crippen LogP contribution in [0.5, 0.6) is 0 Å². The minimum absolute atomic E-state index is 0.0880. The zero-order valence-corrected chi connectivity index (χ0v) is 9.05. The van der Waals surface area contributed by atoms with E-state index in [0.717, 1.165) is 4.34 Å². The molecule has 15 heavy (non-hydrogen) atoms. The monoisotopic (exact) mass is 238 g/mol. The molecule has 0 unspecified atom stereocenters. The maximum absolute atomic E-state index is 7.15. The van der Waals surface area contributed by atoms with E-state index in [9.17, 15) is 0 Å². The Morgan fingerprint density at radius 2 is 2.20 bits per heavy atom. The lowest BCUT2D eigenvalue weighted by Crippen LogP contribution is -2.13. The van der Waals surface area contributed by atoms with Crippen molar-refractivity contribution in [1.29, 1.82) is 5.41 Å². The molecule has 2 heterocycles. The Hall–Kier alpha value is -1.54. The number of hydrogen-bond acceptors (Lipinski definition) is 7. The highest BCUT2D eigenvalue weighted by Crippen LogP contribution is 2.25. The quantitative estimate of drug-likeness (QED) is 0.604. The summed E-state index contributed by atoms with van der Waals surface area (Å²) in [5.41, 5.74) is 5.63. The van der Waals surface area contributed by atoms with Gasteiger partial charge >= 0.3 is 0 Å². The Morgan fingerprint density at radius 3 is 2.73 bits per heavy atom. The predicted molar refractivity (Wildman–Crippen MR) is 57.1 cm³/mol. The fourth-order valence-corrected chi connectivity index (χ4v) is 2.11. The topological polar surface area (TPSA) is 101 Å². The zero-order valence-electron chi connectivity index (χ0n) is 7.41. The van der Waals surface area contributed by atoms with Crippen molar-refractivity contribution in [2.75, 3.05) is 0 Å². The number of aromatic nitrogens is 4. The molecule has 2 aromatic rings. The summed E-state index contributed by atoms with van der Waals surface area (Å²) in [6.45, 7) is 0. The van der Waals surface area contributed by atoms with Gasteiger partial charge < -0.3 is 5.73 Å². The second kappa shape index (κ2) is 4.32.